The van der Waals surface area contributed by atoms with E-state index in [1.807, 2.05) is 5.94 Å². The van der Waals surface area contributed by atoms with Crippen LogP contribution >= 0.6 is 0 Å². The zero-order valence-electron chi connectivity index (χ0n) is 9.08. The van der Waals surface area contributed by atoms with Crippen LogP contribution in [0.3, 0.4) is 0 Å². The van der Waals surface area contributed by atoms with Crippen molar-refractivity contribution in [3.8, 4) is 0 Å². The SMILES string of the molecule is COC(=O)c1ccc2c(c1)CCCC2=C=O. The molecule has 0 radical (unpaired) electrons. The Bertz CT molecular complexity index is 482. The number of benzene rings is 1. The highest BCUT2D eigenvalue weighted by Crippen LogP contribution is 2.29. The molecule has 0 saturated heterocycles. The molecule has 0 saturated carbocycles. The lowest BCUT2D eigenvalue weighted by Crippen LogP contribution is -2.07. The standard InChI is InChI=1S/C13H12O3/c1-16-13(15)10-5-6-12-9(7-10)3-2-4-11(12)8-14/h5-7H,2-4H2,1H3. The summed E-state index contributed by atoms with van der Waals surface area (Å²) in [5.41, 5.74) is 3.20. The van der Waals surface area contributed by atoms with Crippen molar-refractivity contribution in [2.45, 2.75) is 19.3 Å². The number of carbonyl (C=O) groups is 1. The van der Waals surface area contributed by atoms with E-state index >= 15 is 0 Å². The number of carbonyl (C=O) groups excluding carboxylic acids is 2. The Morgan fingerprint density at radius 3 is 2.88 bits per heavy atom. The van der Waals surface area contributed by atoms with Crippen molar-refractivity contribution in [1.29, 1.82) is 0 Å². The molecule has 1 aromatic carbocycles. The highest BCUT2D eigenvalue weighted by molar-refractivity contribution is 5.93. The van der Waals surface area contributed by atoms with Gasteiger partial charge in [-0.3, -0.25) is 0 Å². The molecule has 0 atom stereocenters. The van der Waals surface area contributed by atoms with Gasteiger partial charge in [-0.2, -0.15) is 0 Å². The fraction of sp³-hybridized carbons (Fsp3) is 0.308. The van der Waals surface area contributed by atoms with Crippen LogP contribution in [0, 0.1) is 0 Å². The largest absolute Gasteiger partial charge is 0.465 e. The summed E-state index contributed by atoms with van der Waals surface area (Å²) < 4.78 is 4.66. The van der Waals surface area contributed by atoms with Crippen LogP contribution in [-0.4, -0.2) is 19.0 Å². The van der Waals surface area contributed by atoms with Crippen molar-refractivity contribution < 1.29 is 14.3 Å². The Morgan fingerprint density at radius 2 is 2.19 bits per heavy atom. The third-order valence-corrected chi connectivity index (χ3v) is 2.85. The molecule has 0 unspecified atom stereocenters. The van der Waals surface area contributed by atoms with Gasteiger partial charge >= 0.3 is 5.97 Å². The van der Waals surface area contributed by atoms with Crippen molar-refractivity contribution in [2.75, 3.05) is 7.11 Å². The average Bonchev–Trinajstić information content (AvgIpc) is 2.36. The molecule has 0 aromatic heterocycles. The van der Waals surface area contributed by atoms with Crippen LogP contribution < -0.4 is 0 Å². The molecule has 0 fully saturated rings. The lowest BCUT2D eigenvalue weighted by molar-refractivity contribution is 0.0600. The summed E-state index contributed by atoms with van der Waals surface area (Å²) in [6.07, 6.45) is 2.60. The summed E-state index contributed by atoms with van der Waals surface area (Å²) >= 11 is 0. The van der Waals surface area contributed by atoms with Gasteiger partial charge in [0.2, 0.25) is 0 Å². The van der Waals surface area contributed by atoms with Gasteiger partial charge < -0.3 is 4.74 Å². The van der Waals surface area contributed by atoms with Crippen LogP contribution in [0.2, 0.25) is 0 Å². The fourth-order valence-electron chi connectivity index (χ4n) is 2.04. The number of ether oxygens (including phenoxy) is 1. The predicted molar refractivity (Wildman–Crippen MR) is 59.8 cm³/mol. The molecule has 2 rings (SSSR count). The summed E-state index contributed by atoms with van der Waals surface area (Å²) in [6, 6.07) is 5.30. The van der Waals surface area contributed by atoms with Crippen LogP contribution in [0.4, 0.5) is 0 Å². The van der Waals surface area contributed by atoms with Crippen LogP contribution in [0.25, 0.3) is 5.57 Å². The smallest absolute Gasteiger partial charge is 0.337 e. The van der Waals surface area contributed by atoms with E-state index in [9.17, 15) is 9.59 Å². The highest BCUT2D eigenvalue weighted by atomic mass is 16.5. The normalized spacial score (nSPS) is 13.9. The predicted octanol–water partition coefficient (Wildman–Crippen LogP) is 2.02. The van der Waals surface area contributed by atoms with E-state index in [0.29, 0.717) is 11.1 Å². The van der Waals surface area contributed by atoms with Gasteiger partial charge in [0.05, 0.1) is 12.7 Å². The first-order valence-electron chi connectivity index (χ1n) is 5.22. The van der Waals surface area contributed by atoms with Gasteiger partial charge in [-0.15, -0.1) is 0 Å². The maximum absolute atomic E-state index is 11.3. The summed E-state index contributed by atoms with van der Waals surface area (Å²) in [5, 5.41) is 0. The molecule has 0 heterocycles. The number of allylic oxidation sites excluding steroid dienone is 1. The average molecular weight is 216 g/mol. The molecule has 16 heavy (non-hydrogen) atoms. The molecule has 1 aliphatic carbocycles. The van der Waals surface area contributed by atoms with E-state index in [1.165, 1.54) is 7.11 Å². The van der Waals surface area contributed by atoms with Crippen molar-refractivity contribution >= 4 is 17.5 Å². The third-order valence-electron chi connectivity index (χ3n) is 2.85. The Labute approximate surface area is 93.7 Å². The number of hydrogen-bond donors (Lipinski definition) is 0. The molecule has 0 amide bonds. The lowest BCUT2D eigenvalue weighted by Gasteiger charge is -2.16. The summed E-state index contributed by atoms with van der Waals surface area (Å²) in [7, 11) is 1.36. The molecule has 1 aromatic rings. The van der Waals surface area contributed by atoms with Gasteiger partial charge in [-0.25, -0.2) is 9.59 Å². The quantitative estimate of drug-likeness (QED) is 0.533. The van der Waals surface area contributed by atoms with E-state index in [4.69, 9.17) is 0 Å². The maximum atomic E-state index is 11.3. The number of methoxy groups -OCH3 is 1. The lowest BCUT2D eigenvalue weighted by atomic mass is 9.87. The molecular formula is C13H12O3. The van der Waals surface area contributed by atoms with Crippen LogP contribution in [0.5, 0.6) is 0 Å². The second kappa shape index (κ2) is 4.33. The second-order valence-electron chi connectivity index (χ2n) is 3.80. The zero-order valence-corrected chi connectivity index (χ0v) is 9.08. The number of aryl methyl sites for hydroxylation is 1. The maximum Gasteiger partial charge on any atom is 0.337 e. The van der Waals surface area contributed by atoms with Crippen LogP contribution in [0.15, 0.2) is 18.2 Å². The van der Waals surface area contributed by atoms with Gasteiger partial charge in [-0.1, -0.05) is 6.07 Å². The zero-order chi connectivity index (χ0) is 11.5. The van der Waals surface area contributed by atoms with E-state index < -0.39 is 0 Å². The van der Waals surface area contributed by atoms with Crippen molar-refractivity contribution in [2.24, 2.45) is 0 Å². The van der Waals surface area contributed by atoms with E-state index in [2.05, 4.69) is 4.74 Å². The summed E-state index contributed by atoms with van der Waals surface area (Å²) in [5.74, 6) is 1.63. The van der Waals surface area contributed by atoms with Crippen LogP contribution in [0.1, 0.15) is 34.3 Å². The highest BCUT2D eigenvalue weighted by Gasteiger charge is 2.17. The Morgan fingerprint density at radius 1 is 1.38 bits per heavy atom. The number of fused-ring (bicyclic) bond motifs is 1. The molecule has 0 N–H and O–H groups in total. The monoisotopic (exact) mass is 216 g/mol. The number of hydrogen-bond acceptors (Lipinski definition) is 3. The fourth-order valence-corrected chi connectivity index (χ4v) is 2.04. The Kier molecular flexibility index (Phi) is 2.88. The minimum absolute atomic E-state index is 0.343. The second-order valence-corrected chi connectivity index (χ2v) is 3.80. The van der Waals surface area contributed by atoms with Gasteiger partial charge in [0.25, 0.3) is 0 Å². The molecule has 3 nitrogen and oxygen atoms in total. The van der Waals surface area contributed by atoms with Gasteiger partial charge in [-0.05, 0) is 42.5 Å². The van der Waals surface area contributed by atoms with E-state index in [0.717, 1.165) is 30.4 Å². The summed E-state index contributed by atoms with van der Waals surface area (Å²) in [6.45, 7) is 0. The molecule has 0 spiro atoms. The topological polar surface area (TPSA) is 43.4 Å². The Balaban J connectivity index is 2.47. The Hall–Kier alpha value is -1.86. The third kappa shape index (κ3) is 1.77. The van der Waals surface area contributed by atoms with Gasteiger partial charge in [0.1, 0.15) is 5.94 Å². The van der Waals surface area contributed by atoms with Crippen molar-refractivity contribution in [3.63, 3.8) is 0 Å². The number of rotatable bonds is 1. The van der Waals surface area contributed by atoms with Crippen molar-refractivity contribution in [1.82, 2.24) is 0 Å². The first kappa shape index (κ1) is 10.7. The molecule has 1 aliphatic rings. The van der Waals surface area contributed by atoms with E-state index in [1.54, 1.807) is 18.2 Å². The van der Waals surface area contributed by atoms with Crippen LogP contribution in [-0.2, 0) is 16.0 Å². The van der Waals surface area contributed by atoms with Crippen molar-refractivity contribution in [3.05, 3.63) is 34.9 Å². The summed E-state index contributed by atoms with van der Waals surface area (Å²) in [4.78, 5) is 22.1. The first-order chi connectivity index (χ1) is 7.76. The molecule has 0 aliphatic heterocycles. The molecule has 3 heteroatoms. The van der Waals surface area contributed by atoms with E-state index in [-0.39, 0.29) is 5.97 Å². The molecule has 0 bridgehead atoms. The van der Waals surface area contributed by atoms with Gasteiger partial charge in [0, 0.05) is 5.57 Å². The molecular weight excluding hydrogens is 204 g/mol. The first-order valence-corrected chi connectivity index (χ1v) is 5.22. The number of esters is 1. The molecule has 82 valence electrons. The minimum atomic E-state index is -0.343. The minimum Gasteiger partial charge on any atom is -0.465 e. The van der Waals surface area contributed by atoms with Gasteiger partial charge in [0.15, 0.2) is 0 Å².